The van der Waals surface area contributed by atoms with E-state index in [2.05, 4.69) is 24.2 Å². The minimum atomic E-state index is -0.191. The molecule has 0 bridgehead atoms. The predicted molar refractivity (Wildman–Crippen MR) is 79.0 cm³/mol. The number of piperidine rings is 1. The highest BCUT2D eigenvalue weighted by Gasteiger charge is 2.19. The Morgan fingerprint density at radius 3 is 2.79 bits per heavy atom. The lowest BCUT2D eigenvalue weighted by Crippen LogP contribution is -2.33. The van der Waals surface area contributed by atoms with Gasteiger partial charge in [-0.05, 0) is 50.4 Å². The van der Waals surface area contributed by atoms with Crippen LogP contribution in [0, 0.1) is 12.8 Å². The number of rotatable bonds is 4. The normalized spacial score (nSPS) is 17.6. The molecule has 0 spiro atoms. The highest BCUT2D eigenvalue weighted by atomic mass is 32.1. The lowest BCUT2D eigenvalue weighted by molar-refractivity contribution is 0.0957. The van der Waals surface area contributed by atoms with Gasteiger partial charge in [-0.3, -0.25) is 15.1 Å². The third-order valence-corrected chi connectivity index (χ3v) is 5.15. The van der Waals surface area contributed by atoms with Crippen LogP contribution in [-0.4, -0.2) is 23.9 Å². The summed E-state index contributed by atoms with van der Waals surface area (Å²) in [5, 5.41) is 0. The van der Waals surface area contributed by atoms with Crippen molar-refractivity contribution in [1.82, 2.24) is 10.3 Å². The molecule has 1 aromatic rings. The Hall–Kier alpha value is -0.910. The number of hydrazine groups is 1. The summed E-state index contributed by atoms with van der Waals surface area (Å²) >= 11 is 1.52. The van der Waals surface area contributed by atoms with Gasteiger partial charge in [0, 0.05) is 11.4 Å². The molecule has 1 aliphatic rings. The summed E-state index contributed by atoms with van der Waals surface area (Å²) < 4.78 is 0. The number of nitrogens with two attached hydrogens (primary N) is 1. The van der Waals surface area contributed by atoms with E-state index in [-0.39, 0.29) is 5.91 Å². The SMILES string of the molecule is CCC1CCN(Cc2cc(C(=O)NN)sc2C)CC1. The first-order valence-corrected chi connectivity index (χ1v) is 7.78. The third-order valence-electron chi connectivity index (χ3n) is 4.05. The fourth-order valence-corrected chi connectivity index (χ4v) is 3.59. The second-order valence-electron chi connectivity index (χ2n) is 5.29. The van der Waals surface area contributed by atoms with E-state index in [9.17, 15) is 4.79 Å². The van der Waals surface area contributed by atoms with Crippen LogP contribution in [0.1, 0.15) is 46.3 Å². The Balaban J connectivity index is 1.96. The van der Waals surface area contributed by atoms with Crippen molar-refractivity contribution >= 4 is 17.2 Å². The molecule has 3 N–H and O–H groups in total. The highest BCUT2D eigenvalue weighted by molar-refractivity contribution is 7.14. The number of nitrogens with zero attached hydrogens (tertiary/aromatic N) is 1. The number of nitrogen functional groups attached to an aromatic ring is 1. The highest BCUT2D eigenvalue weighted by Crippen LogP contribution is 2.26. The van der Waals surface area contributed by atoms with Crippen molar-refractivity contribution in [1.29, 1.82) is 0 Å². The number of carbonyl (C=O) groups is 1. The van der Waals surface area contributed by atoms with Crippen LogP contribution in [-0.2, 0) is 6.54 Å². The molecule has 0 atom stereocenters. The van der Waals surface area contributed by atoms with Gasteiger partial charge < -0.3 is 0 Å². The molecule has 19 heavy (non-hydrogen) atoms. The van der Waals surface area contributed by atoms with Gasteiger partial charge in [0.05, 0.1) is 4.88 Å². The molecular formula is C14H23N3OS. The summed E-state index contributed by atoms with van der Waals surface area (Å²) in [5.74, 6) is 5.89. The van der Waals surface area contributed by atoms with Gasteiger partial charge in [-0.15, -0.1) is 11.3 Å². The first-order valence-electron chi connectivity index (χ1n) is 6.96. The topological polar surface area (TPSA) is 58.4 Å². The van der Waals surface area contributed by atoms with Gasteiger partial charge in [0.15, 0.2) is 0 Å². The van der Waals surface area contributed by atoms with Crippen LogP contribution in [0.2, 0.25) is 0 Å². The monoisotopic (exact) mass is 281 g/mol. The molecule has 1 fully saturated rings. The van der Waals surface area contributed by atoms with E-state index in [1.54, 1.807) is 0 Å². The van der Waals surface area contributed by atoms with Gasteiger partial charge in [-0.1, -0.05) is 13.3 Å². The zero-order valence-corrected chi connectivity index (χ0v) is 12.6. The second kappa shape index (κ2) is 6.50. The summed E-state index contributed by atoms with van der Waals surface area (Å²) in [6, 6.07) is 1.98. The van der Waals surface area contributed by atoms with Crippen molar-refractivity contribution in [3.8, 4) is 0 Å². The molecule has 0 unspecified atom stereocenters. The second-order valence-corrected chi connectivity index (χ2v) is 6.55. The molecule has 2 heterocycles. The van der Waals surface area contributed by atoms with Gasteiger partial charge in [0.1, 0.15) is 0 Å². The Kier molecular flexibility index (Phi) is 4.96. The van der Waals surface area contributed by atoms with E-state index in [0.717, 1.165) is 12.5 Å². The summed E-state index contributed by atoms with van der Waals surface area (Å²) in [5.41, 5.74) is 3.46. The van der Waals surface area contributed by atoms with Crippen LogP contribution in [0.5, 0.6) is 0 Å². The molecule has 5 heteroatoms. The van der Waals surface area contributed by atoms with E-state index in [4.69, 9.17) is 5.84 Å². The molecule has 0 saturated carbocycles. The Morgan fingerprint density at radius 2 is 2.21 bits per heavy atom. The molecule has 1 aromatic heterocycles. The minimum Gasteiger partial charge on any atom is -0.299 e. The molecule has 2 rings (SSSR count). The zero-order valence-electron chi connectivity index (χ0n) is 11.7. The lowest BCUT2D eigenvalue weighted by Gasteiger charge is -2.31. The van der Waals surface area contributed by atoms with Crippen molar-refractivity contribution in [2.24, 2.45) is 11.8 Å². The smallest absolute Gasteiger partial charge is 0.275 e. The average Bonchev–Trinajstić information content (AvgIpc) is 2.80. The number of amides is 1. The van der Waals surface area contributed by atoms with Crippen molar-refractivity contribution in [3.05, 3.63) is 21.4 Å². The summed E-state index contributed by atoms with van der Waals surface area (Å²) in [4.78, 5) is 15.9. The number of nitrogens with one attached hydrogen (secondary N) is 1. The van der Waals surface area contributed by atoms with Crippen LogP contribution in [0.15, 0.2) is 6.07 Å². The van der Waals surface area contributed by atoms with Crippen LogP contribution in [0.3, 0.4) is 0 Å². The molecule has 4 nitrogen and oxygen atoms in total. The van der Waals surface area contributed by atoms with Gasteiger partial charge in [-0.25, -0.2) is 5.84 Å². The van der Waals surface area contributed by atoms with Crippen LogP contribution < -0.4 is 11.3 Å². The Labute approximate surface area is 118 Å². The standard InChI is InChI=1S/C14H23N3OS/c1-3-11-4-6-17(7-5-11)9-12-8-13(14(18)16-15)19-10(12)2/h8,11H,3-7,9,15H2,1-2H3,(H,16,18). The molecule has 0 aliphatic carbocycles. The number of aryl methyl sites for hydroxylation is 1. The average molecular weight is 281 g/mol. The molecule has 106 valence electrons. The maximum Gasteiger partial charge on any atom is 0.275 e. The fraction of sp³-hybridized carbons (Fsp3) is 0.643. The number of carbonyl (C=O) groups excluding carboxylic acids is 1. The fourth-order valence-electron chi connectivity index (χ4n) is 2.65. The van der Waals surface area contributed by atoms with Crippen molar-refractivity contribution < 1.29 is 4.79 Å². The number of thiophene rings is 1. The molecule has 1 aliphatic heterocycles. The maximum atomic E-state index is 11.5. The third kappa shape index (κ3) is 3.55. The van der Waals surface area contributed by atoms with E-state index in [1.165, 1.54) is 54.1 Å². The summed E-state index contributed by atoms with van der Waals surface area (Å²) in [6.45, 7) is 7.65. The van der Waals surface area contributed by atoms with E-state index in [1.807, 2.05) is 6.07 Å². The van der Waals surface area contributed by atoms with Crippen LogP contribution >= 0.6 is 11.3 Å². The largest absolute Gasteiger partial charge is 0.299 e. The quantitative estimate of drug-likeness (QED) is 0.506. The van der Waals surface area contributed by atoms with E-state index < -0.39 is 0 Å². The molecule has 0 aromatic carbocycles. The zero-order chi connectivity index (χ0) is 13.8. The van der Waals surface area contributed by atoms with Crippen molar-refractivity contribution in [2.75, 3.05) is 13.1 Å². The Morgan fingerprint density at radius 1 is 1.53 bits per heavy atom. The molecule has 1 amide bonds. The van der Waals surface area contributed by atoms with Crippen molar-refractivity contribution in [3.63, 3.8) is 0 Å². The minimum absolute atomic E-state index is 0.191. The molecule has 1 saturated heterocycles. The number of hydrogen-bond acceptors (Lipinski definition) is 4. The van der Waals surface area contributed by atoms with E-state index in [0.29, 0.717) is 4.88 Å². The summed E-state index contributed by atoms with van der Waals surface area (Å²) in [7, 11) is 0. The predicted octanol–water partition coefficient (Wildman–Crippen LogP) is 2.28. The van der Waals surface area contributed by atoms with Gasteiger partial charge in [0.25, 0.3) is 5.91 Å². The molecular weight excluding hydrogens is 258 g/mol. The lowest BCUT2D eigenvalue weighted by atomic mass is 9.94. The van der Waals surface area contributed by atoms with Crippen molar-refractivity contribution in [2.45, 2.75) is 39.7 Å². The molecule has 0 radical (unpaired) electrons. The number of likely N-dealkylation sites (tertiary alicyclic amines) is 1. The van der Waals surface area contributed by atoms with Gasteiger partial charge in [0.2, 0.25) is 0 Å². The Bertz CT molecular complexity index is 436. The van der Waals surface area contributed by atoms with Gasteiger partial charge >= 0.3 is 0 Å². The van der Waals surface area contributed by atoms with Gasteiger partial charge in [-0.2, -0.15) is 0 Å². The number of hydrogen-bond donors (Lipinski definition) is 2. The van der Waals surface area contributed by atoms with Crippen LogP contribution in [0.25, 0.3) is 0 Å². The van der Waals surface area contributed by atoms with E-state index >= 15 is 0 Å². The van der Waals surface area contributed by atoms with Crippen LogP contribution in [0.4, 0.5) is 0 Å². The summed E-state index contributed by atoms with van der Waals surface area (Å²) in [6.07, 6.45) is 3.90. The first kappa shape index (κ1) is 14.5. The maximum absolute atomic E-state index is 11.5. The first-order chi connectivity index (χ1) is 9.13.